The van der Waals surface area contributed by atoms with Crippen LogP contribution in [-0.2, 0) is 16.4 Å². The predicted octanol–water partition coefficient (Wildman–Crippen LogP) is 2.27. The fourth-order valence-corrected chi connectivity index (χ4v) is 4.65. The van der Waals surface area contributed by atoms with Gasteiger partial charge >= 0.3 is 0 Å². The van der Waals surface area contributed by atoms with Crippen LogP contribution in [0.1, 0.15) is 25.8 Å². The van der Waals surface area contributed by atoms with Crippen LogP contribution in [0, 0.1) is 0 Å². The average Bonchev–Trinajstić information content (AvgIpc) is 2.41. The van der Waals surface area contributed by atoms with Gasteiger partial charge in [-0.15, -0.1) is 0 Å². The molecule has 1 aromatic carbocycles. The molecule has 0 aromatic heterocycles. The number of hydrogen-bond donors (Lipinski definition) is 1. The molecular weight excluding hydrogens is 296 g/mol. The second-order valence-electron chi connectivity index (χ2n) is 5.18. The largest absolute Gasteiger partial charge is 0.314 e. The van der Waals surface area contributed by atoms with Crippen LogP contribution in [0.25, 0.3) is 0 Å². The first-order valence-corrected chi connectivity index (χ1v) is 8.79. The van der Waals surface area contributed by atoms with Gasteiger partial charge in [0.15, 0.2) is 0 Å². The number of nitrogens with one attached hydrogen (secondary N) is 1. The van der Waals surface area contributed by atoms with E-state index in [1.54, 1.807) is 16.4 Å². The van der Waals surface area contributed by atoms with Crippen molar-refractivity contribution in [2.45, 2.75) is 37.6 Å². The van der Waals surface area contributed by atoms with E-state index < -0.39 is 10.0 Å². The zero-order valence-corrected chi connectivity index (χ0v) is 13.5. The Morgan fingerprint density at radius 3 is 2.85 bits per heavy atom. The van der Waals surface area contributed by atoms with Crippen molar-refractivity contribution < 1.29 is 8.42 Å². The summed E-state index contributed by atoms with van der Waals surface area (Å²) in [6, 6.07) is 5.24. The number of halogens is 1. The lowest BCUT2D eigenvalue weighted by Crippen LogP contribution is -2.52. The maximum atomic E-state index is 12.8. The molecule has 6 heteroatoms. The van der Waals surface area contributed by atoms with Gasteiger partial charge in [-0.05, 0) is 31.0 Å². The summed E-state index contributed by atoms with van der Waals surface area (Å²) in [7, 11) is -3.52. The molecule has 0 radical (unpaired) electrons. The van der Waals surface area contributed by atoms with Crippen LogP contribution in [0.4, 0.5) is 0 Å². The monoisotopic (exact) mass is 316 g/mol. The summed E-state index contributed by atoms with van der Waals surface area (Å²) in [4.78, 5) is 0.235. The van der Waals surface area contributed by atoms with E-state index in [0.717, 1.165) is 18.4 Å². The molecule has 1 atom stereocenters. The highest BCUT2D eigenvalue weighted by Gasteiger charge is 2.32. The number of rotatable bonds is 4. The highest BCUT2D eigenvalue weighted by Crippen LogP contribution is 2.27. The first-order chi connectivity index (χ1) is 9.46. The van der Waals surface area contributed by atoms with Gasteiger partial charge in [-0.3, -0.25) is 0 Å². The Labute approximate surface area is 126 Å². The van der Waals surface area contributed by atoms with Gasteiger partial charge in [0, 0.05) is 25.7 Å². The molecule has 1 aliphatic rings. The standard InChI is InChI=1S/C14H21ClN2O2S/c1-3-4-12-5-6-13(15)14(9-12)20(18,19)17-8-7-16-10-11(17)2/h5-6,9,11,16H,3-4,7-8,10H2,1-2H3/t11-/m1/s1. The van der Waals surface area contributed by atoms with E-state index in [0.29, 0.717) is 24.7 Å². The molecule has 1 aliphatic heterocycles. The number of piperazine rings is 1. The topological polar surface area (TPSA) is 49.4 Å². The van der Waals surface area contributed by atoms with Crippen LogP contribution >= 0.6 is 11.6 Å². The Kier molecular flexibility index (Phi) is 5.07. The second-order valence-corrected chi connectivity index (χ2v) is 7.45. The van der Waals surface area contributed by atoms with Gasteiger partial charge < -0.3 is 5.32 Å². The maximum absolute atomic E-state index is 12.8. The van der Waals surface area contributed by atoms with Crippen molar-refractivity contribution in [3.05, 3.63) is 28.8 Å². The van der Waals surface area contributed by atoms with Gasteiger partial charge in [-0.1, -0.05) is 31.0 Å². The van der Waals surface area contributed by atoms with Crippen LogP contribution in [0.5, 0.6) is 0 Å². The smallest absolute Gasteiger partial charge is 0.244 e. The summed E-state index contributed by atoms with van der Waals surface area (Å²) in [5.41, 5.74) is 1.01. The lowest BCUT2D eigenvalue weighted by Gasteiger charge is -2.33. The fourth-order valence-electron chi connectivity index (χ4n) is 2.50. The summed E-state index contributed by atoms with van der Waals surface area (Å²) in [5.74, 6) is 0. The molecule has 1 N–H and O–H groups in total. The number of sulfonamides is 1. The lowest BCUT2D eigenvalue weighted by atomic mass is 10.1. The average molecular weight is 317 g/mol. The number of aryl methyl sites for hydroxylation is 1. The highest BCUT2D eigenvalue weighted by atomic mass is 35.5. The van der Waals surface area contributed by atoms with Crippen molar-refractivity contribution in [3.8, 4) is 0 Å². The first-order valence-electron chi connectivity index (χ1n) is 6.97. The van der Waals surface area contributed by atoms with Gasteiger partial charge in [-0.25, -0.2) is 8.42 Å². The third kappa shape index (κ3) is 3.17. The molecule has 1 heterocycles. The van der Waals surface area contributed by atoms with Crippen molar-refractivity contribution in [2.24, 2.45) is 0 Å². The zero-order chi connectivity index (χ0) is 14.8. The Morgan fingerprint density at radius 1 is 1.45 bits per heavy atom. The second kappa shape index (κ2) is 6.43. The molecule has 112 valence electrons. The molecule has 0 unspecified atom stereocenters. The van der Waals surface area contributed by atoms with E-state index >= 15 is 0 Å². The molecule has 0 aliphatic carbocycles. The van der Waals surface area contributed by atoms with Crippen LogP contribution in [0.2, 0.25) is 5.02 Å². The molecule has 1 fully saturated rings. The first kappa shape index (κ1) is 15.8. The SMILES string of the molecule is CCCc1ccc(Cl)c(S(=O)(=O)N2CCNC[C@H]2C)c1. The molecule has 0 spiro atoms. The van der Waals surface area contributed by atoms with Crippen LogP contribution in [0.3, 0.4) is 0 Å². The van der Waals surface area contributed by atoms with Crippen molar-refractivity contribution in [2.75, 3.05) is 19.6 Å². The fraction of sp³-hybridized carbons (Fsp3) is 0.571. The Hall–Kier alpha value is -0.620. The highest BCUT2D eigenvalue weighted by molar-refractivity contribution is 7.89. The summed E-state index contributed by atoms with van der Waals surface area (Å²) >= 11 is 6.13. The molecule has 1 saturated heterocycles. The summed E-state index contributed by atoms with van der Waals surface area (Å²) < 4.78 is 27.1. The molecule has 20 heavy (non-hydrogen) atoms. The molecule has 0 amide bonds. The third-order valence-corrected chi connectivity index (χ3v) is 6.06. The third-order valence-electron chi connectivity index (χ3n) is 3.56. The van der Waals surface area contributed by atoms with Gasteiger partial charge in [-0.2, -0.15) is 4.31 Å². The molecule has 0 saturated carbocycles. The van der Waals surface area contributed by atoms with Crippen molar-refractivity contribution in [1.29, 1.82) is 0 Å². The minimum Gasteiger partial charge on any atom is -0.314 e. The van der Waals surface area contributed by atoms with Crippen LogP contribution in [0.15, 0.2) is 23.1 Å². The van der Waals surface area contributed by atoms with Gasteiger partial charge in [0.2, 0.25) is 10.0 Å². The molecule has 4 nitrogen and oxygen atoms in total. The Bertz CT molecular complexity index is 575. The minimum atomic E-state index is -3.52. The lowest BCUT2D eigenvalue weighted by molar-refractivity contribution is 0.284. The minimum absolute atomic E-state index is 0.0559. The van der Waals surface area contributed by atoms with Crippen molar-refractivity contribution in [3.63, 3.8) is 0 Å². The molecule has 2 rings (SSSR count). The van der Waals surface area contributed by atoms with Gasteiger partial charge in [0.05, 0.1) is 5.02 Å². The Morgan fingerprint density at radius 2 is 2.20 bits per heavy atom. The summed E-state index contributed by atoms with van der Waals surface area (Å²) in [6.07, 6.45) is 1.84. The van der Waals surface area contributed by atoms with Crippen molar-refractivity contribution in [1.82, 2.24) is 9.62 Å². The van der Waals surface area contributed by atoms with E-state index in [2.05, 4.69) is 12.2 Å². The van der Waals surface area contributed by atoms with Gasteiger partial charge in [0.1, 0.15) is 4.90 Å². The van der Waals surface area contributed by atoms with Crippen LogP contribution < -0.4 is 5.32 Å². The molecule has 1 aromatic rings. The number of hydrogen-bond acceptors (Lipinski definition) is 3. The Balaban J connectivity index is 2.40. The van der Waals surface area contributed by atoms with E-state index in [-0.39, 0.29) is 10.9 Å². The predicted molar refractivity (Wildman–Crippen MR) is 81.7 cm³/mol. The number of benzene rings is 1. The molecular formula is C14H21ClN2O2S. The van der Waals surface area contributed by atoms with Crippen LogP contribution in [-0.4, -0.2) is 38.4 Å². The quantitative estimate of drug-likeness (QED) is 0.927. The summed E-state index contributed by atoms with van der Waals surface area (Å²) in [6.45, 7) is 5.81. The van der Waals surface area contributed by atoms with E-state index in [9.17, 15) is 8.42 Å². The number of nitrogens with zero attached hydrogens (tertiary/aromatic N) is 1. The van der Waals surface area contributed by atoms with E-state index in [1.165, 1.54) is 0 Å². The van der Waals surface area contributed by atoms with Gasteiger partial charge in [0.25, 0.3) is 0 Å². The normalized spacial score (nSPS) is 21.1. The van der Waals surface area contributed by atoms with E-state index in [1.807, 2.05) is 13.0 Å². The van der Waals surface area contributed by atoms with Crippen molar-refractivity contribution >= 4 is 21.6 Å². The zero-order valence-electron chi connectivity index (χ0n) is 11.9. The summed E-state index contributed by atoms with van der Waals surface area (Å²) in [5, 5.41) is 3.50. The maximum Gasteiger partial charge on any atom is 0.244 e. The molecule has 0 bridgehead atoms. The van der Waals surface area contributed by atoms with E-state index in [4.69, 9.17) is 11.6 Å².